The van der Waals surface area contributed by atoms with Crippen molar-refractivity contribution in [1.29, 1.82) is 0 Å². The van der Waals surface area contributed by atoms with Gasteiger partial charge in [0, 0.05) is 6.61 Å². The smallest absolute Gasteiger partial charge is 0.120 e. The number of aliphatic hydroxyl groups excluding tert-OH is 1. The molecular weight excluding hydrogens is 202 g/mol. The number of hydrogen-bond acceptors (Lipinski definition) is 3. The van der Waals surface area contributed by atoms with Crippen molar-refractivity contribution in [3.05, 3.63) is 23.7 Å². The Bertz CT molecular complexity index is 305. The molecule has 0 bridgehead atoms. The fraction of sp³-hybridized carbons (Fsp3) is 0.692. The molecule has 2 N–H and O–H groups in total. The van der Waals surface area contributed by atoms with Crippen LogP contribution >= 0.6 is 0 Å². The van der Waals surface area contributed by atoms with E-state index in [1.165, 1.54) is 5.56 Å². The third kappa shape index (κ3) is 4.37. The van der Waals surface area contributed by atoms with Crippen LogP contribution in [0.5, 0.6) is 0 Å². The van der Waals surface area contributed by atoms with Gasteiger partial charge in [0.25, 0.3) is 0 Å². The van der Waals surface area contributed by atoms with Gasteiger partial charge in [-0.2, -0.15) is 0 Å². The molecule has 3 heteroatoms. The number of aryl methyl sites for hydroxylation is 1. The van der Waals surface area contributed by atoms with Crippen LogP contribution < -0.4 is 5.32 Å². The van der Waals surface area contributed by atoms with Gasteiger partial charge < -0.3 is 14.8 Å². The van der Waals surface area contributed by atoms with Gasteiger partial charge >= 0.3 is 0 Å². The molecule has 0 amide bonds. The maximum absolute atomic E-state index is 9.10. The van der Waals surface area contributed by atoms with Gasteiger partial charge in [-0.05, 0) is 43.4 Å². The monoisotopic (exact) mass is 225 g/mol. The number of rotatable bonds is 7. The lowest BCUT2D eigenvalue weighted by molar-refractivity contribution is 0.148. The first-order valence-electron chi connectivity index (χ1n) is 5.90. The maximum atomic E-state index is 9.10. The highest BCUT2D eigenvalue weighted by Gasteiger charge is 2.15. The fourth-order valence-electron chi connectivity index (χ4n) is 1.56. The van der Waals surface area contributed by atoms with Crippen molar-refractivity contribution >= 4 is 0 Å². The topological polar surface area (TPSA) is 45.4 Å². The molecule has 0 fully saturated rings. The number of nitrogens with one attached hydrogen (secondary N) is 1. The molecule has 0 radical (unpaired) electrons. The second-order valence-corrected chi connectivity index (χ2v) is 5.13. The first kappa shape index (κ1) is 13.3. The van der Waals surface area contributed by atoms with Gasteiger partial charge in [-0.25, -0.2) is 0 Å². The Morgan fingerprint density at radius 2 is 2.19 bits per heavy atom. The Balaban J connectivity index is 2.11. The third-order valence-electron chi connectivity index (χ3n) is 2.89. The largest absolute Gasteiger partial charge is 0.468 e. The van der Waals surface area contributed by atoms with Gasteiger partial charge in [0.1, 0.15) is 5.76 Å². The van der Waals surface area contributed by atoms with Crippen LogP contribution in [0.25, 0.3) is 0 Å². The minimum atomic E-state index is 0.0439. The van der Waals surface area contributed by atoms with E-state index in [1.807, 2.05) is 6.07 Å². The molecular formula is C13H23NO2. The van der Waals surface area contributed by atoms with Crippen LogP contribution in [0.2, 0.25) is 0 Å². The fourth-order valence-corrected chi connectivity index (χ4v) is 1.56. The molecule has 0 saturated carbocycles. The molecule has 3 nitrogen and oxygen atoms in total. The standard InChI is InChI=1S/C13H23NO2/c1-11-5-8-16-12(11)9-14-7-4-6-13(2,3)10-15/h5,8,14-15H,4,6-7,9-10H2,1-3H3. The Kier molecular flexibility index (Phi) is 5.03. The molecule has 1 aromatic rings. The normalized spacial score (nSPS) is 12.0. The van der Waals surface area contributed by atoms with Crippen molar-refractivity contribution < 1.29 is 9.52 Å². The van der Waals surface area contributed by atoms with Crippen molar-refractivity contribution in [3.8, 4) is 0 Å². The first-order chi connectivity index (χ1) is 7.55. The van der Waals surface area contributed by atoms with Crippen molar-refractivity contribution in [2.45, 2.75) is 40.2 Å². The second kappa shape index (κ2) is 6.06. The molecule has 16 heavy (non-hydrogen) atoms. The second-order valence-electron chi connectivity index (χ2n) is 5.13. The first-order valence-corrected chi connectivity index (χ1v) is 5.90. The van der Waals surface area contributed by atoms with E-state index < -0.39 is 0 Å². The Hall–Kier alpha value is -0.800. The molecule has 0 aliphatic carbocycles. The molecule has 0 aliphatic rings. The van der Waals surface area contributed by atoms with E-state index in [0.717, 1.165) is 31.7 Å². The lowest BCUT2D eigenvalue weighted by Gasteiger charge is -2.21. The maximum Gasteiger partial charge on any atom is 0.120 e. The Labute approximate surface area is 97.9 Å². The van der Waals surface area contributed by atoms with E-state index in [2.05, 4.69) is 26.1 Å². The summed E-state index contributed by atoms with van der Waals surface area (Å²) >= 11 is 0. The van der Waals surface area contributed by atoms with Crippen LogP contribution in [0.4, 0.5) is 0 Å². The van der Waals surface area contributed by atoms with E-state index in [1.54, 1.807) is 6.26 Å². The van der Waals surface area contributed by atoms with E-state index in [0.29, 0.717) is 0 Å². The minimum Gasteiger partial charge on any atom is -0.468 e. The highest BCUT2D eigenvalue weighted by molar-refractivity contribution is 5.13. The summed E-state index contributed by atoms with van der Waals surface area (Å²) in [5.41, 5.74) is 1.24. The average Bonchev–Trinajstić information content (AvgIpc) is 2.64. The summed E-state index contributed by atoms with van der Waals surface area (Å²) in [4.78, 5) is 0. The molecule has 1 heterocycles. The van der Waals surface area contributed by atoms with Gasteiger partial charge in [0.15, 0.2) is 0 Å². The van der Waals surface area contributed by atoms with Gasteiger partial charge in [-0.3, -0.25) is 0 Å². The highest BCUT2D eigenvalue weighted by Crippen LogP contribution is 2.20. The number of aliphatic hydroxyl groups is 1. The molecule has 1 rings (SSSR count). The summed E-state index contributed by atoms with van der Waals surface area (Å²) in [5, 5.41) is 12.5. The quantitative estimate of drug-likeness (QED) is 0.701. The summed E-state index contributed by atoms with van der Waals surface area (Å²) in [7, 11) is 0. The van der Waals surface area contributed by atoms with Gasteiger partial charge in [-0.15, -0.1) is 0 Å². The summed E-state index contributed by atoms with van der Waals surface area (Å²) in [6.45, 7) is 8.23. The summed E-state index contributed by atoms with van der Waals surface area (Å²) < 4.78 is 5.33. The molecule has 1 aromatic heterocycles. The van der Waals surface area contributed by atoms with Crippen molar-refractivity contribution in [1.82, 2.24) is 5.32 Å². The van der Waals surface area contributed by atoms with Gasteiger partial charge in [-0.1, -0.05) is 13.8 Å². The predicted octanol–water partition coefficient (Wildman–Crippen LogP) is 2.48. The lowest BCUT2D eigenvalue weighted by atomic mass is 9.89. The van der Waals surface area contributed by atoms with Crippen LogP contribution in [0.3, 0.4) is 0 Å². The highest BCUT2D eigenvalue weighted by atomic mass is 16.3. The molecule has 0 unspecified atom stereocenters. The minimum absolute atomic E-state index is 0.0439. The lowest BCUT2D eigenvalue weighted by Crippen LogP contribution is -2.20. The van der Waals surface area contributed by atoms with Crippen molar-refractivity contribution in [2.24, 2.45) is 5.41 Å². The summed E-state index contributed by atoms with van der Waals surface area (Å²) in [6.07, 6.45) is 3.84. The molecule has 0 atom stereocenters. The van der Waals surface area contributed by atoms with Crippen LogP contribution in [0, 0.1) is 12.3 Å². The van der Waals surface area contributed by atoms with Crippen LogP contribution in [0.1, 0.15) is 38.0 Å². The zero-order chi connectivity index (χ0) is 12.0. The van der Waals surface area contributed by atoms with Crippen LogP contribution in [0.15, 0.2) is 16.7 Å². The summed E-state index contributed by atoms with van der Waals surface area (Å²) in [6, 6.07) is 1.98. The average molecular weight is 225 g/mol. The third-order valence-corrected chi connectivity index (χ3v) is 2.89. The molecule has 92 valence electrons. The Morgan fingerprint density at radius 3 is 2.75 bits per heavy atom. The number of hydrogen-bond donors (Lipinski definition) is 2. The van der Waals surface area contributed by atoms with Crippen molar-refractivity contribution in [3.63, 3.8) is 0 Å². The summed E-state index contributed by atoms with van der Waals surface area (Å²) in [5.74, 6) is 1.02. The molecule has 0 saturated heterocycles. The molecule has 0 aromatic carbocycles. The predicted molar refractivity (Wildman–Crippen MR) is 65.3 cm³/mol. The number of furan rings is 1. The van der Waals surface area contributed by atoms with Gasteiger partial charge in [0.05, 0.1) is 12.8 Å². The van der Waals surface area contributed by atoms with Crippen LogP contribution in [-0.4, -0.2) is 18.3 Å². The van der Waals surface area contributed by atoms with E-state index in [9.17, 15) is 0 Å². The van der Waals surface area contributed by atoms with Gasteiger partial charge in [0.2, 0.25) is 0 Å². The zero-order valence-electron chi connectivity index (χ0n) is 10.5. The van der Waals surface area contributed by atoms with E-state index >= 15 is 0 Å². The molecule has 0 spiro atoms. The zero-order valence-corrected chi connectivity index (χ0v) is 10.5. The van der Waals surface area contributed by atoms with E-state index in [4.69, 9.17) is 9.52 Å². The van der Waals surface area contributed by atoms with E-state index in [-0.39, 0.29) is 12.0 Å². The Morgan fingerprint density at radius 1 is 1.44 bits per heavy atom. The van der Waals surface area contributed by atoms with Crippen LogP contribution in [-0.2, 0) is 6.54 Å². The SMILES string of the molecule is Cc1ccoc1CNCCCC(C)(C)CO. The molecule has 0 aliphatic heterocycles. The van der Waals surface area contributed by atoms with Crippen molar-refractivity contribution in [2.75, 3.05) is 13.2 Å².